The van der Waals surface area contributed by atoms with E-state index in [4.69, 9.17) is 34.3 Å². The Kier molecular flexibility index (Phi) is 5.98. The predicted octanol–water partition coefficient (Wildman–Crippen LogP) is 3.05. The Morgan fingerprint density at radius 1 is 1.52 bits per heavy atom. The molecule has 6 heteroatoms. The zero-order valence-electron chi connectivity index (χ0n) is 12.7. The summed E-state index contributed by atoms with van der Waals surface area (Å²) in [6, 6.07) is 5.00. The number of rotatable bonds is 6. The van der Waals surface area contributed by atoms with Crippen LogP contribution in [0.4, 0.5) is 0 Å². The maximum atomic E-state index is 12.1. The molecule has 1 aromatic rings. The number of benzene rings is 1. The molecule has 1 amide bonds. The van der Waals surface area contributed by atoms with E-state index in [1.807, 2.05) is 20.8 Å². The first-order valence-corrected chi connectivity index (χ1v) is 7.53. The minimum atomic E-state index is -0.649. The Hall–Kier alpha value is -1.33. The largest absolute Gasteiger partial charge is 0.479 e. The van der Waals surface area contributed by atoms with Crippen molar-refractivity contribution in [2.75, 3.05) is 0 Å². The highest BCUT2D eigenvalue weighted by atomic mass is 35.5. The zero-order valence-corrected chi connectivity index (χ0v) is 14.3. The number of halogens is 1. The summed E-state index contributed by atoms with van der Waals surface area (Å²) in [7, 11) is 0. The SMILES string of the molecule is CCC(C)(C)NC(=O)C(C)Oc1ccc(C(N)=S)cc1Cl. The van der Waals surface area contributed by atoms with Gasteiger partial charge in [-0.05, 0) is 45.4 Å². The maximum Gasteiger partial charge on any atom is 0.261 e. The van der Waals surface area contributed by atoms with Crippen LogP contribution >= 0.6 is 23.8 Å². The summed E-state index contributed by atoms with van der Waals surface area (Å²) < 4.78 is 5.60. The smallest absolute Gasteiger partial charge is 0.261 e. The lowest BCUT2D eigenvalue weighted by Gasteiger charge is -2.26. The molecule has 0 heterocycles. The van der Waals surface area contributed by atoms with E-state index in [-0.39, 0.29) is 16.4 Å². The Morgan fingerprint density at radius 2 is 2.14 bits per heavy atom. The van der Waals surface area contributed by atoms with Gasteiger partial charge in [0.25, 0.3) is 5.91 Å². The molecule has 116 valence electrons. The van der Waals surface area contributed by atoms with Gasteiger partial charge in [-0.2, -0.15) is 0 Å². The fourth-order valence-corrected chi connectivity index (χ4v) is 1.87. The summed E-state index contributed by atoms with van der Waals surface area (Å²) in [6.45, 7) is 7.61. The van der Waals surface area contributed by atoms with Gasteiger partial charge in [0.05, 0.1) is 5.02 Å². The Bertz CT molecular complexity index is 546. The van der Waals surface area contributed by atoms with Crippen molar-refractivity contribution in [1.82, 2.24) is 5.32 Å². The number of carbonyl (C=O) groups excluding carboxylic acids is 1. The minimum absolute atomic E-state index is 0.184. The van der Waals surface area contributed by atoms with Crippen molar-refractivity contribution >= 4 is 34.7 Å². The summed E-state index contributed by atoms with van der Waals surface area (Å²) in [4.78, 5) is 12.4. The van der Waals surface area contributed by atoms with E-state index in [0.717, 1.165) is 6.42 Å². The summed E-state index contributed by atoms with van der Waals surface area (Å²) in [5.41, 5.74) is 5.92. The molecule has 1 unspecified atom stereocenters. The van der Waals surface area contributed by atoms with Gasteiger partial charge in [0.15, 0.2) is 6.10 Å². The topological polar surface area (TPSA) is 64.3 Å². The highest BCUT2D eigenvalue weighted by Crippen LogP contribution is 2.26. The van der Waals surface area contributed by atoms with Crippen molar-refractivity contribution in [3.63, 3.8) is 0 Å². The third-order valence-corrected chi connectivity index (χ3v) is 3.77. The first kappa shape index (κ1) is 17.7. The second kappa shape index (κ2) is 7.09. The molecule has 0 saturated heterocycles. The third kappa shape index (κ3) is 5.17. The van der Waals surface area contributed by atoms with E-state index < -0.39 is 6.10 Å². The molecule has 0 fully saturated rings. The van der Waals surface area contributed by atoms with Crippen LogP contribution in [0.1, 0.15) is 39.7 Å². The third-order valence-electron chi connectivity index (χ3n) is 3.23. The molecular weight excluding hydrogens is 308 g/mol. The lowest BCUT2D eigenvalue weighted by molar-refractivity contribution is -0.128. The summed E-state index contributed by atoms with van der Waals surface area (Å²) in [6.07, 6.45) is 0.179. The average molecular weight is 329 g/mol. The van der Waals surface area contributed by atoms with Gasteiger partial charge < -0.3 is 15.8 Å². The summed E-state index contributed by atoms with van der Waals surface area (Å²) >= 11 is 11.0. The second-order valence-electron chi connectivity index (χ2n) is 5.50. The highest BCUT2D eigenvalue weighted by Gasteiger charge is 2.23. The number of ether oxygens (including phenoxy) is 1. The highest BCUT2D eigenvalue weighted by molar-refractivity contribution is 7.80. The predicted molar refractivity (Wildman–Crippen MR) is 89.9 cm³/mol. The maximum absolute atomic E-state index is 12.1. The monoisotopic (exact) mass is 328 g/mol. The van der Waals surface area contributed by atoms with Crippen molar-refractivity contribution in [3.8, 4) is 5.75 Å². The lowest BCUT2D eigenvalue weighted by Crippen LogP contribution is -2.48. The Morgan fingerprint density at radius 3 is 2.62 bits per heavy atom. The van der Waals surface area contributed by atoms with Crippen molar-refractivity contribution in [1.29, 1.82) is 0 Å². The van der Waals surface area contributed by atoms with Crippen molar-refractivity contribution in [2.24, 2.45) is 5.73 Å². The summed E-state index contributed by atoms with van der Waals surface area (Å²) in [5.74, 6) is 0.241. The van der Waals surface area contributed by atoms with Gasteiger partial charge in [0, 0.05) is 11.1 Å². The molecule has 0 aliphatic rings. The zero-order chi connectivity index (χ0) is 16.2. The number of hydrogen-bond acceptors (Lipinski definition) is 3. The van der Waals surface area contributed by atoms with Gasteiger partial charge in [-0.25, -0.2) is 0 Å². The van der Waals surface area contributed by atoms with Crippen LogP contribution in [0, 0.1) is 0 Å². The van der Waals surface area contributed by atoms with Crippen molar-refractivity contribution in [2.45, 2.75) is 45.8 Å². The van der Waals surface area contributed by atoms with Crippen LogP contribution in [0.15, 0.2) is 18.2 Å². The molecule has 0 aromatic heterocycles. The molecule has 1 atom stereocenters. The minimum Gasteiger partial charge on any atom is -0.479 e. The van der Waals surface area contributed by atoms with Gasteiger partial charge in [-0.15, -0.1) is 0 Å². The molecule has 0 radical (unpaired) electrons. The van der Waals surface area contributed by atoms with Gasteiger partial charge in [-0.3, -0.25) is 4.79 Å². The van der Waals surface area contributed by atoms with Crippen LogP contribution in [0.2, 0.25) is 5.02 Å². The second-order valence-corrected chi connectivity index (χ2v) is 6.34. The number of nitrogens with two attached hydrogens (primary N) is 1. The Labute approximate surface area is 136 Å². The van der Waals surface area contributed by atoms with Crippen LogP contribution < -0.4 is 15.8 Å². The average Bonchev–Trinajstić information content (AvgIpc) is 2.40. The molecule has 0 aliphatic heterocycles. The first-order chi connectivity index (χ1) is 9.66. The van der Waals surface area contributed by atoms with E-state index in [2.05, 4.69) is 5.32 Å². The van der Waals surface area contributed by atoms with Crippen LogP contribution in [0.5, 0.6) is 5.75 Å². The van der Waals surface area contributed by atoms with E-state index >= 15 is 0 Å². The van der Waals surface area contributed by atoms with Crippen LogP contribution in [-0.4, -0.2) is 22.5 Å². The molecule has 0 bridgehead atoms. The normalized spacial score (nSPS) is 12.6. The molecular formula is C15H21ClN2O2S. The number of thiocarbonyl (C=S) groups is 1. The van der Waals surface area contributed by atoms with Crippen molar-refractivity contribution in [3.05, 3.63) is 28.8 Å². The van der Waals surface area contributed by atoms with E-state index in [9.17, 15) is 4.79 Å². The molecule has 0 aliphatic carbocycles. The van der Waals surface area contributed by atoms with Crippen molar-refractivity contribution < 1.29 is 9.53 Å². The number of carbonyl (C=O) groups is 1. The van der Waals surface area contributed by atoms with Gasteiger partial charge in [-0.1, -0.05) is 30.7 Å². The van der Waals surface area contributed by atoms with Crippen LogP contribution in [-0.2, 0) is 4.79 Å². The number of nitrogens with one attached hydrogen (secondary N) is 1. The van der Waals surface area contributed by atoms with E-state index in [1.165, 1.54) is 0 Å². The molecule has 3 N–H and O–H groups in total. The van der Waals surface area contributed by atoms with Crippen LogP contribution in [0.3, 0.4) is 0 Å². The summed E-state index contributed by atoms with van der Waals surface area (Å²) in [5, 5.41) is 3.30. The molecule has 4 nitrogen and oxygen atoms in total. The lowest BCUT2D eigenvalue weighted by atomic mass is 10.0. The molecule has 1 rings (SSSR count). The fourth-order valence-electron chi connectivity index (χ4n) is 1.52. The standard InChI is InChI=1S/C15H21ClN2O2S/c1-5-15(3,4)18-14(19)9(2)20-12-7-6-10(13(17)21)8-11(12)16/h6-9H,5H2,1-4H3,(H2,17,21)(H,18,19). The number of hydrogen-bond donors (Lipinski definition) is 2. The van der Waals surface area contributed by atoms with E-state index in [0.29, 0.717) is 16.3 Å². The van der Waals surface area contributed by atoms with E-state index in [1.54, 1.807) is 25.1 Å². The fraction of sp³-hybridized carbons (Fsp3) is 0.467. The molecule has 0 saturated carbocycles. The number of amides is 1. The Balaban J connectivity index is 2.77. The van der Waals surface area contributed by atoms with Gasteiger partial charge in [0.1, 0.15) is 10.7 Å². The molecule has 1 aromatic carbocycles. The molecule has 21 heavy (non-hydrogen) atoms. The first-order valence-electron chi connectivity index (χ1n) is 6.74. The van der Waals surface area contributed by atoms with Gasteiger partial charge >= 0.3 is 0 Å². The van der Waals surface area contributed by atoms with Crippen LogP contribution in [0.25, 0.3) is 0 Å². The van der Waals surface area contributed by atoms with Gasteiger partial charge in [0.2, 0.25) is 0 Å². The quantitative estimate of drug-likeness (QED) is 0.788. The molecule has 0 spiro atoms.